The van der Waals surface area contributed by atoms with Crippen LogP contribution in [0.15, 0.2) is 42.5 Å². The van der Waals surface area contributed by atoms with E-state index in [0.717, 1.165) is 5.56 Å². The molecule has 0 fully saturated rings. The molecule has 1 unspecified atom stereocenters. The van der Waals surface area contributed by atoms with Crippen molar-refractivity contribution in [3.63, 3.8) is 0 Å². The number of phenols is 1. The van der Waals surface area contributed by atoms with Crippen LogP contribution in [0.25, 0.3) is 0 Å². The van der Waals surface area contributed by atoms with E-state index in [2.05, 4.69) is 5.32 Å². The molecule has 0 bridgehead atoms. The summed E-state index contributed by atoms with van der Waals surface area (Å²) >= 11 is 8.11. The van der Waals surface area contributed by atoms with Crippen molar-refractivity contribution in [1.82, 2.24) is 5.32 Å². The van der Waals surface area contributed by atoms with Gasteiger partial charge in [0.15, 0.2) is 0 Å². The average molecular weight is 402 g/mol. The predicted octanol–water partition coefficient (Wildman–Crippen LogP) is 4.14. The molecule has 0 saturated carbocycles. The smallest absolute Gasteiger partial charge is 0.251 e. The number of aromatic hydroxyl groups is 1. The van der Waals surface area contributed by atoms with Gasteiger partial charge in [-0.1, -0.05) is 29.8 Å². The summed E-state index contributed by atoms with van der Waals surface area (Å²) in [6, 6.07) is 12.0. The monoisotopic (exact) mass is 401 g/mol. The van der Waals surface area contributed by atoms with Gasteiger partial charge in [0.25, 0.3) is 5.91 Å². The number of benzene rings is 2. The zero-order valence-electron chi connectivity index (χ0n) is 10.7. The predicted molar refractivity (Wildman–Crippen MR) is 88.2 cm³/mol. The molecule has 0 radical (unpaired) electrons. The Bertz CT molecular complexity index is 646. The van der Waals surface area contributed by atoms with Crippen LogP contribution in [0, 0.1) is 3.57 Å². The second-order valence-electron chi connectivity index (χ2n) is 4.38. The van der Waals surface area contributed by atoms with E-state index < -0.39 is 0 Å². The lowest BCUT2D eigenvalue weighted by molar-refractivity contribution is 0.0939. The standard InChI is InChI=1S/C15H13ClINO2/c1-9(11-4-2-3-5-12(11)16)18-15(20)10-6-7-13(17)14(19)8-10/h2-9,19H,1H3,(H,18,20). The first-order valence-electron chi connectivity index (χ1n) is 6.03. The van der Waals surface area contributed by atoms with E-state index in [1.807, 2.05) is 47.7 Å². The number of hydrogen-bond acceptors (Lipinski definition) is 2. The Morgan fingerprint density at radius 2 is 2.00 bits per heavy atom. The van der Waals surface area contributed by atoms with Gasteiger partial charge in [-0.05, 0) is 59.3 Å². The molecule has 0 heterocycles. The molecule has 0 aliphatic carbocycles. The van der Waals surface area contributed by atoms with Crippen LogP contribution in [0.4, 0.5) is 0 Å². The molecular weight excluding hydrogens is 389 g/mol. The van der Waals surface area contributed by atoms with Crippen LogP contribution in [0.2, 0.25) is 5.02 Å². The summed E-state index contributed by atoms with van der Waals surface area (Å²) in [4.78, 5) is 12.1. The number of rotatable bonds is 3. The minimum absolute atomic E-state index is 0.101. The second kappa shape index (κ2) is 6.45. The number of halogens is 2. The Morgan fingerprint density at radius 3 is 2.65 bits per heavy atom. The van der Waals surface area contributed by atoms with Crippen LogP contribution in [-0.4, -0.2) is 11.0 Å². The number of carbonyl (C=O) groups is 1. The van der Waals surface area contributed by atoms with Crippen LogP contribution >= 0.6 is 34.2 Å². The van der Waals surface area contributed by atoms with Crippen molar-refractivity contribution in [2.75, 3.05) is 0 Å². The van der Waals surface area contributed by atoms with Crippen molar-refractivity contribution in [2.24, 2.45) is 0 Å². The Morgan fingerprint density at radius 1 is 1.30 bits per heavy atom. The zero-order chi connectivity index (χ0) is 14.7. The summed E-state index contributed by atoms with van der Waals surface area (Å²) in [7, 11) is 0. The Kier molecular flexibility index (Phi) is 4.88. The first kappa shape index (κ1) is 15.1. The van der Waals surface area contributed by atoms with E-state index in [4.69, 9.17) is 11.6 Å². The number of nitrogens with one attached hydrogen (secondary N) is 1. The largest absolute Gasteiger partial charge is 0.507 e. The summed E-state index contributed by atoms with van der Waals surface area (Å²) in [5, 5.41) is 13.1. The molecular formula is C15H13ClINO2. The van der Waals surface area contributed by atoms with E-state index in [9.17, 15) is 9.90 Å². The van der Waals surface area contributed by atoms with Crippen LogP contribution < -0.4 is 5.32 Å². The Labute approximate surface area is 136 Å². The van der Waals surface area contributed by atoms with E-state index in [0.29, 0.717) is 14.2 Å². The summed E-state index contributed by atoms with van der Waals surface area (Å²) in [6.45, 7) is 1.87. The fourth-order valence-electron chi connectivity index (χ4n) is 1.84. The van der Waals surface area contributed by atoms with Crippen molar-refractivity contribution in [3.8, 4) is 5.75 Å². The lowest BCUT2D eigenvalue weighted by Crippen LogP contribution is -2.26. The van der Waals surface area contributed by atoms with Gasteiger partial charge >= 0.3 is 0 Å². The molecule has 3 nitrogen and oxygen atoms in total. The average Bonchev–Trinajstić information content (AvgIpc) is 2.42. The molecule has 0 aliphatic rings. The van der Waals surface area contributed by atoms with Crippen LogP contribution in [0.5, 0.6) is 5.75 Å². The molecule has 2 aromatic rings. The molecule has 0 saturated heterocycles. The van der Waals surface area contributed by atoms with Crippen molar-refractivity contribution in [1.29, 1.82) is 0 Å². The fourth-order valence-corrected chi connectivity index (χ4v) is 2.47. The maximum absolute atomic E-state index is 12.1. The van der Waals surface area contributed by atoms with Gasteiger partial charge in [0.2, 0.25) is 0 Å². The molecule has 20 heavy (non-hydrogen) atoms. The maximum Gasteiger partial charge on any atom is 0.251 e. The molecule has 2 N–H and O–H groups in total. The summed E-state index contributed by atoms with van der Waals surface area (Å²) in [5.74, 6) is -0.146. The molecule has 104 valence electrons. The lowest BCUT2D eigenvalue weighted by Gasteiger charge is -2.16. The fraction of sp³-hybridized carbons (Fsp3) is 0.133. The summed E-state index contributed by atoms with van der Waals surface area (Å²) in [5.41, 5.74) is 1.28. The molecule has 0 aliphatic heterocycles. The second-order valence-corrected chi connectivity index (χ2v) is 5.95. The minimum atomic E-state index is -0.246. The molecule has 2 rings (SSSR count). The highest BCUT2D eigenvalue weighted by Crippen LogP contribution is 2.24. The normalized spacial score (nSPS) is 11.9. The number of hydrogen-bond donors (Lipinski definition) is 2. The van der Waals surface area contributed by atoms with Gasteiger partial charge in [0.1, 0.15) is 5.75 Å². The quantitative estimate of drug-likeness (QED) is 0.760. The van der Waals surface area contributed by atoms with Crippen LogP contribution in [-0.2, 0) is 0 Å². The molecule has 2 aromatic carbocycles. The van der Waals surface area contributed by atoms with E-state index in [1.165, 1.54) is 6.07 Å². The summed E-state index contributed by atoms with van der Waals surface area (Å²) in [6.07, 6.45) is 0. The third-order valence-corrected chi connectivity index (χ3v) is 4.18. The molecule has 1 amide bonds. The van der Waals surface area contributed by atoms with Gasteiger partial charge in [-0.3, -0.25) is 4.79 Å². The highest BCUT2D eigenvalue weighted by Gasteiger charge is 2.14. The SMILES string of the molecule is CC(NC(=O)c1ccc(I)c(O)c1)c1ccccc1Cl. The number of phenolic OH excluding ortho intramolecular Hbond substituents is 1. The van der Waals surface area contributed by atoms with E-state index in [1.54, 1.807) is 18.2 Å². The molecule has 1 atom stereocenters. The maximum atomic E-state index is 12.1. The third-order valence-electron chi connectivity index (χ3n) is 2.93. The minimum Gasteiger partial charge on any atom is -0.507 e. The molecule has 5 heteroatoms. The first-order valence-corrected chi connectivity index (χ1v) is 7.48. The van der Waals surface area contributed by atoms with E-state index in [-0.39, 0.29) is 17.7 Å². The highest BCUT2D eigenvalue weighted by molar-refractivity contribution is 14.1. The van der Waals surface area contributed by atoms with Gasteiger partial charge < -0.3 is 10.4 Å². The van der Waals surface area contributed by atoms with Crippen molar-refractivity contribution in [2.45, 2.75) is 13.0 Å². The zero-order valence-corrected chi connectivity index (χ0v) is 13.6. The van der Waals surface area contributed by atoms with Gasteiger partial charge in [-0.25, -0.2) is 0 Å². The van der Waals surface area contributed by atoms with Crippen LogP contribution in [0.3, 0.4) is 0 Å². The molecule has 0 spiro atoms. The molecule has 0 aromatic heterocycles. The Hall–Kier alpha value is -1.27. The van der Waals surface area contributed by atoms with Gasteiger partial charge in [-0.15, -0.1) is 0 Å². The third kappa shape index (κ3) is 3.43. The van der Waals surface area contributed by atoms with Crippen molar-refractivity contribution >= 4 is 40.1 Å². The van der Waals surface area contributed by atoms with Gasteiger partial charge in [0, 0.05) is 10.6 Å². The highest BCUT2D eigenvalue weighted by atomic mass is 127. The Balaban J connectivity index is 2.15. The van der Waals surface area contributed by atoms with Gasteiger partial charge in [0.05, 0.1) is 9.61 Å². The van der Waals surface area contributed by atoms with Gasteiger partial charge in [-0.2, -0.15) is 0 Å². The van der Waals surface area contributed by atoms with E-state index >= 15 is 0 Å². The first-order chi connectivity index (χ1) is 9.49. The number of amides is 1. The van der Waals surface area contributed by atoms with Crippen molar-refractivity contribution in [3.05, 3.63) is 62.2 Å². The lowest BCUT2D eigenvalue weighted by atomic mass is 10.1. The number of carbonyl (C=O) groups excluding carboxylic acids is 1. The van der Waals surface area contributed by atoms with Crippen LogP contribution in [0.1, 0.15) is 28.9 Å². The van der Waals surface area contributed by atoms with Crippen molar-refractivity contribution < 1.29 is 9.90 Å². The summed E-state index contributed by atoms with van der Waals surface area (Å²) < 4.78 is 0.707. The topological polar surface area (TPSA) is 49.3 Å².